The lowest BCUT2D eigenvalue weighted by atomic mass is 10.1. The Morgan fingerprint density at radius 3 is 2.37 bits per heavy atom. The van der Waals surface area contributed by atoms with Crippen molar-refractivity contribution in [1.29, 1.82) is 0 Å². The number of carbonyl (C=O) groups excluding carboxylic acids is 2. The van der Waals surface area contributed by atoms with Gasteiger partial charge >= 0.3 is 12.1 Å². The number of urea groups is 2. The standard InChI is InChI=1S/C12H22N4O2S/c1-7-8-19-10(14-11(18)16(5)6)13-9(17)15-12(2,3)4/h7H,1,8H2,2-6H3,(H2,13,14,15,17,18). The molecule has 0 rings (SSSR count). The summed E-state index contributed by atoms with van der Waals surface area (Å²) in [6, 6.07) is -0.822. The van der Waals surface area contributed by atoms with E-state index in [1.807, 2.05) is 20.8 Å². The van der Waals surface area contributed by atoms with E-state index in [1.165, 1.54) is 16.7 Å². The third-order valence-electron chi connectivity index (χ3n) is 1.63. The second-order valence-corrected chi connectivity index (χ2v) is 6.03. The fourth-order valence-corrected chi connectivity index (χ4v) is 1.47. The van der Waals surface area contributed by atoms with E-state index in [0.29, 0.717) is 5.75 Å². The number of amidine groups is 1. The number of thioether (sulfide) groups is 1. The molecule has 0 atom stereocenters. The third-order valence-corrected chi connectivity index (χ3v) is 2.50. The molecule has 0 aliphatic carbocycles. The van der Waals surface area contributed by atoms with Gasteiger partial charge in [-0.1, -0.05) is 17.8 Å². The molecule has 0 fully saturated rings. The Labute approximate surface area is 118 Å². The smallest absolute Gasteiger partial charge is 0.333 e. The molecule has 0 saturated carbocycles. The Kier molecular flexibility index (Phi) is 7.21. The molecular formula is C12H22N4O2S. The lowest BCUT2D eigenvalue weighted by Gasteiger charge is -2.21. The number of hydrogen-bond donors (Lipinski definition) is 2. The monoisotopic (exact) mass is 286 g/mol. The Morgan fingerprint density at radius 2 is 1.95 bits per heavy atom. The van der Waals surface area contributed by atoms with Crippen molar-refractivity contribution in [2.45, 2.75) is 26.3 Å². The highest BCUT2D eigenvalue weighted by molar-refractivity contribution is 8.14. The van der Waals surface area contributed by atoms with Crippen LogP contribution in [-0.2, 0) is 0 Å². The third kappa shape index (κ3) is 9.12. The van der Waals surface area contributed by atoms with Gasteiger partial charge in [0.1, 0.15) is 0 Å². The number of nitrogens with zero attached hydrogens (tertiary/aromatic N) is 2. The predicted octanol–water partition coefficient (Wildman–Crippen LogP) is 2.04. The highest BCUT2D eigenvalue weighted by Crippen LogP contribution is 2.04. The lowest BCUT2D eigenvalue weighted by Crippen LogP contribution is -2.48. The second kappa shape index (κ2) is 7.83. The van der Waals surface area contributed by atoms with E-state index < -0.39 is 12.1 Å². The van der Waals surface area contributed by atoms with Crippen LogP contribution in [0.2, 0.25) is 0 Å². The number of amides is 4. The van der Waals surface area contributed by atoms with Gasteiger partial charge in [-0.15, -0.1) is 6.58 Å². The van der Waals surface area contributed by atoms with Crippen LogP contribution >= 0.6 is 11.8 Å². The average Bonchev–Trinajstić information content (AvgIpc) is 2.22. The summed E-state index contributed by atoms with van der Waals surface area (Å²) in [5, 5.41) is 5.55. The molecule has 0 radical (unpaired) electrons. The summed E-state index contributed by atoms with van der Waals surface area (Å²) in [5.41, 5.74) is -0.357. The molecule has 19 heavy (non-hydrogen) atoms. The fraction of sp³-hybridized carbons (Fsp3) is 0.583. The van der Waals surface area contributed by atoms with Gasteiger partial charge in [0.25, 0.3) is 0 Å². The van der Waals surface area contributed by atoms with Crippen LogP contribution in [-0.4, -0.2) is 47.5 Å². The van der Waals surface area contributed by atoms with Crippen molar-refractivity contribution >= 4 is 29.0 Å². The second-order valence-electron chi connectivity index (χ2n) is 5.02. The van der Waals surface area contributed by atoms with E-state index in [2.05, 4.69) is 22.2 Å². The summed E-state index contributed by atoms with van der Waals surface area (Å²) in [6.45, 7) is 9.18. The molecule has 0 bridgehead atoms. The van der Waals surface area contributed by atoms with E-state index in [1.54, 1.807) is 20.2 Å². The first-order chi connectivity index (χ1) is 8.65. The van der Waals surface area contributed by atoms with Gasteiger partial charge in [0, 0.05) is 25.4 Å². The van der Waals surface area contributed by atoms with Gasteiger partial charge < -0.3 is 10.2 Å². The number of nitrogens with one attached hydrogen (secondary N) is 2. The van der Waals surface area contributed by atoms with Crippen LogP contribution in [0.25, 0.3) is 0 Å². The molecule has 0 unspecified atom stereocenters. The highest BCUT2D eigenvalue weighted by Gasteiger charge is 2.15. The summed E-state index contributed by atoms with van der Waals surface area (Å²) in [6.07, 6.45) is 1.67. The maximum Gasteiger partial charge on any atom is 0.345 e. The molecule has 2 N–H and O–H groups in total. The van der Waals surface area contributed by atoms with Gasteiger partial charge in [0.05, 0.1) is 0 Å². The number of hydrogen-bond acceptors (Lipinski definition) is 3. The number of rotatable bonds is 2. The minimum absolute atomic E-state index is 0.250. The van der Waals surface area contributed by atoms with Gasteiger partial charge in [-0.25, -0.2) is 9.59 Å². The van der Waals surface area contributed by atoms with Crippen LogP contribution in [0, 0.1) is 0 Å². The van der Waals surface area contributed by atoms with Gasteiger partial charge in [-0.05, 0) is 20.8 Å². The lowest BCUT2D eigenvalue weighted by molar-refractivity contribution is 0.227. The molecule has 6 nitrogen and oxygen atoms in total. The zero-order chi connectivity index (χ0) is 15.1. The molecule has 0 spiro atoms. The van der Waals surface area contributed by atoms with Crippen molar-refractivity contribution in [3.05, 3.63) is 12.7 Å². The molecule has 0 aromatic carbocycles. The Morgan fingerprint density at radius 1 is 1.37 bits per heavy atom. The van der Waals surface area contributed by atoms with Crippen molar-refractivity contribution in [2.24, 2.45) is 4.99 Å². The normalized spacial score (nSPS) is 11.7. The molecule has 0 aliphatic rings. The van der Waals surface area contributed by atoms with Crippen LogP contribution < -0.4 is 10.6 Å². The van der Waals surface area contributed by atoms with Gasteiger partial charge in [0.15, 0.2) is 5.17 Å². The van der Waals surface area contributed by atoms with Crippen LogP contribution in [0.3, 0.4) is 0 Å². The maximum absolute atomic E-state index is 11.7. The summed E-state index contributed by atoms with van der Waals surface area (Å²) in [7, 11) is 3.19. The SMILES string of the molecule is C=CCSC(=NC(=O)N(C)C)NC(=O)NC(C)(C)C. The minimum Gasteiger partial charge on any atom is -0.333 e. The molecule has 0 saturated heterocycles. The summed E-state index contributed by atoms with van der Waals surface area (Å²) >= 11 is 1.23. The molecule has 0 heterocycles. The van der Waals surface area contributed by atoms with Gasteiger partial charge in [0.2, 0.25) is 0 Å². The first-order valence-electron chi connectivity index (χ1n) is 5.78. The van der Waals surface area contributed by atoms with Crippen molar-refractivity contribution in [3.8, 4) is 0 Å². The van der Waals surface area contributed by atoms with Crippen molar-refractivity contribution in [2.75, 3.05) is 19.8 Å². The summed E-state index contributed by atoms with van der Waals surface area (Å²) < 4.78 is 0. The topological polar surface area (TPSA) is 73.8 Å². The predicted molar refractivity (Wildman–Crippen MR) is 80.6 cm³/mol. The van der Waals surface area contributed by atoms with Gasteiger partial charge in [-0.3, -0.25) is 5.32 Å². The largest absolute Gasteiger partial charge is 0.345 e. The first kappa shape index (κ1) is 17.5. The maximum atomic E-state index is 11.7. The van der Waals surface area contributed by atoms with E-state index in [4.69, 9.17) is 0 Å². The summed E-state index contributed by atoms with van der Waals surface area (Å²) in [5.74, 6) is 0.551. The Hall–Kier alpha value is -1.50. The van der Waals surface area contributed by atoms with Crippen LogP contribution in [0.15, 0.2) is 17.6 Å². The highest BCUT2D eigenvalue weighted by atomic mass is 32.2. The van der Waals surface area contributed by atoms with Crippen molar-refractivity contribution in [3.63, 3.8) is 0 Å². The van der Waals surface area contributed by atoms with E-state index in [9.17, 15) is 9.59 Å². The molecule has 0 aromatic rings. The zero-order valence-corrected chi connectivity index (χ0v) is 12.9. The Bertz CT molecular complexity index is 372. The van der Waals surface area contributed by atoms with E-state index in [0.717, 1.165) is 0 Å². The first-order valence-corrected chi connectivity index (χ1v) is 6.77. The minimum atomic E-state index is -0.428. The molecular weight excluding hydrogens is 264 g/mol. The van der Waals surface area contributed by atoms with E-state index >= 15 is 0 Å². The van der Waals surface area contributed by atoms with E-state index in [-0.39, 0.29) is 10.7 Å². The van der Waals surface area contributed by atoms with Crippen molar-refractivity contribution in [1.82, 2.24) is 15.5 Å². The average molecular weight is 286 g/mol. The van der Waals surface area contributed by atoms with Crippen LogP contribution in [0.1, 0.15) is 20.8 Å². The number of carbonyl (C=O) groups is 2. The van der Waals surface area contributed by atoms with Crippen LogP contribution in [0.4, 0.5) is 9.59 Å². The number of aliphatic imine (C=N–C) groups is 1. The zero-order valence-electron chi connectivity index (χ0n) is 12.1. The van der Waals surface area contributed by atoms with Crippen LogP contribution in [0.5, 0.6) is 0 Å². The van der Waals surface area contributed by atoms with Crippen molar-refractivity contribution < 1.29 is 9.59 Å². The summed E-state index contributed by atoms with van der Waals surface area (Å²) in [4.78, 5) is 28.4. The van der Waals surface area contributed by atoms with Gasteiger partial charge in [-0.2, -0.15) is 4.99 Å². The quantitative estimate of drug-likeness (QED) is 0.463. The molecule has 0 aromatic heterocycles. The molecule has 0 aliphatic heterocycles. The Balaban J connectivity index is 4.72. The molecule has 4 amide bonds. The molecule has 108 valence electrons. The fourth-order valence-electron chi connectivity index (χ4n) is 0.890. The molecule has 7 heteroatoms.